The van der Waals surface area contributed by atoms with E-state index in [1.165, 1.54) is 0 Å². The number of benzene rings is 2. The van der Waals surface area contributed by atoms with E-state index in [1.54, 1.807) is 24.3 Å². The number of nitrogens with zero attached hydrogens (tertiary/aromatic N) is 5. The van der Waals surface area contributed by atoms with Gasteiger partial charge in [-0.1, -0.05) is 18.2 Å². The Balaban J connectivity index is 1.71. The van der Waals surface area contributed by atoms with E-state index in [0.29, 0.717) is 11.4 Å². The summed E-state index contributed by atoms with van der Waals surface area (Å²) in [4.78, 5) is 11.3. The van der Waals surface area contributed by atoms with E-state index in [1.807, 2.05) is 30.3 Å². The zero-order valence-electron chi connectivity index (χ0n) is 11.6. The second-order valence-corrected chi connectivity index (χ2v) is 4.96. The van der Waals surface area contributed by atoms with Crippen LogP contribution in [0.25, 0.3) is 0 Å². The van der Waals surface area contributed by atoms with Crippen molar-refractivity contribution in [2.75, 3.05) is 0 Å². The lowest BCUT2D eigenvalue weighted by Crippen LogP contribution is -1.94. The van der Waals surface area contributed by atoms with Crippen molar-refractivity contribution in [1.29, 1.82) is 0 Å². The van der Waals surface area contributed by atoms with Gasteiger partial charge in [-0.25, -0.2) is 0 Å². The van der Waals surface area contributed by atoms with Crippen LogP contribution in [0.5, 0.6) is 11.8 Å². The zero-order valence-corrected chi connectivity index (χ0v) is 13.1. The molecule has 0 saturated carbocycles. The molecule has 0 amide bonds. The minimum atomic E-state index is -0.0340. The van der Waals surface area contributed by atoms with Gasteiger partial charge in [0.05, 0.1) is 11.4 Å². The van der Waals surface area contributed by atoms with Crippen LogP contribution >= 0.6 is 23.2 Å². The predicted molar refractivity (Wildman–Crippen MR) is 87.0 cm³/mol. The minimum Gasteiger partial charge on any atom is -0.424 e. The van der Waals surface area contributed by atoms with Crippen LogP contribution in [-0.2, 0) is 0 Å². The molecule has 0 spiro atoms. The number of rotatable bonds is 4. The highest BCUT2D eigenvalue weighted by Gasteiger charge is 2.05. The van der Waals surface area contributed by atoms with Gasteiger partial charge >= 0.3 is 6.01 Å². The highest BCUT2D eigenvalue weighted by molar-refractivity contribution is 6.31. The summed E-state index contributed by atoms with van der Waals surface area (Å²) in [6, 6.07) is 16.4. The molecule has 0 bridgehead atoms. The molecule has 0 aliphatic rings. The number of hydrogen-bond donors (Lipinski definition) is 0. The monoisotopic (exact) mass is 345 g/mol. The quantitative estimate of drug-likeness (QED) is 0.594. The molecule has 1 aromatic heterocycles. The van der Waals surface area contributed by atoms with Crippen LogP contribution in [0.3, 0.4) is 0 Å². The van der Waals surface area contributed by atoms with E-state index < -0.39 is 0 Å². The summed E-state index contributed by atoms with van der Waals surface area (Å²) in [5.41, 5.74) is 1.47. The van der Waals surface area contributed by atoms with Crippen molar-refractivity contribution < 1.29 is 4.74 Å². The number of ether oxygens (including phenoxy) is 1. The van der Waals surface area contributed by atoms with E-state index in [9.17, 15) is 0 Å². The van der Waals surface area contributed by atoms with Gasteiger partial charge in [0.1, 0.15) is 5.75 Å². The summed E-state index contributed by atoms with van der Waals surface area (Å²) in [6.45, 7) is 0. The van der Waals surface area contributed by atoms with E-state index in [4.69, 9.17) is 27.9 Å². The van der Waals surface area contributed by atoms with Gasteiger partial charge in [0, 0.05) is 0 Å². The fourth-order valence-corrected chi connectivity index (χ4v) is 2.00. The van der Waals surface area contributed by atoms with Gasteiger partial charge in [-0.15, -0.1) is 0 Å². The van der Waals surface area contributed by atoms with Gasteiger partial charge in [-0.3, -0.25) is 0 Å². The molecule has 0 N–H and O–H groups in total. The lowest BCUT2D eigenvalue weighted by molar-refractivity contribution is 0.439. The molecule has 0 aliphatic carbocycles. The summed E-state index contributed by atoms with van der Waals surface area (Å²) in [7, 11) is 0. The molecule has 2 aromatic carbocycles. The van der Waals surface area contributed by atoms with E-state index in [-0.39, 0.29) is 16.6 Å². The molecule has 23 heavy (non-hydrogen) atoms. The van der Waals surface area contributed by atoms with E-state index in [2.05, 4.69) is 25.2 Å². The van der Waals surface area contributed by atoms with Crippen LogP contribution in [0.4, 0.5) is 11.4 Å². The molecule has 8 heteroatoms. The van der Waals surface area contributed by atoms with Crippen molar-refractivity contribution in [3.8, 4) is 11.8 Å². The maximum absolute atomic E-state index is 5.69. The Morgan fingerprint density at radius 1 is 0.696 bits per heavy atom. The van der Waals surface area contributed by atoms with Gasteiger partial charge in [0.2, 0.25) is 10.6 Å². The predicted octanol–water partition coefficient (Wildman–Crippen LogP) is 5.39. The van der Waals surface area contributed by atoms with E-state index in [0.717, 1.165) is 5.69 Å². The third-order valence-electron chi connectivity index (χ3n) is 2.64. The molecular formula is C15H9Cl2N5O. The van der Waals surface area contributed by atoms with Crippen LogP contribution in [0.2, 0.25) is 10.6 Å². The lowest BCUT2D eigenvalue weighted by Gasteiger charge is -2.03. The number of aromatic nitrogens is 3. The molecule has 114 valence electrons. The van der Waals surface area contributed by atoms with Gasteiger partial charge in [0.15, 0.2) is 0 Å². The molecule has 6 nitrogen and oxygen atoms in total. The lowest BCUT2D eigenvalue weighted by atomic mass is 10.3. The van der Waals surface area contributed by atoms with Crippen molar-refractivity contribution >= 4 is 34.6 Å². The molecule has 3 rings (SSSR count). The Labute approximate surface area is 141 Å². The highest BCUT2D eigenvalue weighted by atomic mass is 35.5. The van der Waals surface area contributed by atoms with Crippen molar-refractivity contribution in [1.82, 2.24) is 15.0 Å². The van der Waals surface area contributed by atoms with Crippen LogP contribution in [0, 0.1) is 0 Å². The van der Waals surface area contributed by atoms with Crippen LogP contribution in [0.1, 0.15) is 0 Å². The molecule has 0 radical (unpaired) electrons. The summed E-state index contributed by atoms with van der Waals surface area (Å²) in [6.07, 6.45) is 0. The first kappa shape index (κ1) is 15.3. The normalized spacial score (nSPS) is 10.9. The van der Waals surface area contributed by atoms with Gasteiger partial charge in [0.25, 0.3) is 0 Å². The van der Waals surface area contributed by atoms with Crippen molar-refractivity contribution in [3.05, 3.63) is 65.2 Å². The molecule has 0 unspecified atom stereocenters. The maximum atomic E-state index is 5.69. The van der Waals surface area contributed by atoms with Crippen LogP contribution in [-0.4, -0.2) is 15.0 Å². The molecule has 3 aromatic rings. The Hall–Kier alpha value is -2.57. The summed E-state index contributed by atoms with van der Waals surface area (Å²) in [5, 5.41) is 8.20. The second-order valence-electron chi connectivity index (χ2n) is 4.29. The number of azo groups is 1. The maximum Gasteiger partial charge on any atom is 0.327 e. The summed E-state index contributed by atoms with van der Waals surface area (Å²) in [5.74, 6) is 0.516. The SMILES string of the molecule is Clc1nc(Cl)nc(Oc2ccc(N=Nc3ccccc3)cc2)n1. The second kappa shape index (κ2) is 7.13. The Bertz CT molecular complexity index is 805. The molecular weight excluding hydrogens is 337 g/mol. The summed E-state index contributed by atoms with van der Waals surface area (Å²) < 4.78 is 5.45. The van der Waals surface area contributed by atoms with Crippen LogP contribution in [0.15, 0.2) is 64.8 Å². The first-order valence-electron chi connectivity index (χ1n) is 6.51. The molecule has 1 heterocycles. The van der Waals surface area contributed by atoms with Crippen LogP contribution < -0.4 is 4.74 Å². The average Bonchev–Trinajstić information content (AvgIpc) is 2.54. The largest absolute Gasteiger partial charge is 0.424 e. The minimum absolute atomic E-state index is 0.0219. The third kappa shape index (κ3) is 4.45. The fourth-order valence-electron chi connectivity index (χ4n) is 1.65. The smallest absolute Gasteiger partial charge is 0.327 e. The number of halogens is 2. The van der Waals surface area contributed by atoms with Gasteiger partial charge in [-0.2, -0.15) is 25.2 Å². The average molecular weight is 346 g/mol. The fraction of sp³-hybridized carbons (Fsp3) is 0. The summed E-state index contributed by atoms with van der Waals surface area (Å²) >= 11 is 11.4. The molecule has 0 aliphatic heterocycles. The van der Waals surface area contributed by atoms with Gasteiger partial charge in [-0.05, 0) is 59.6 Å². The Morgan fingerprint density at radius 3 is 1.87 bits per heavy atom. The molecule has 0 saturated heterocycles. The molecule has 0 fully saturated rings. The topological polar surface area (TPSA) is 72.6 Å². The van der Waals surface area contributed by atoms with Crippen molar-refractivity contribution in [2.24, 2.45) is 10.2 Å². The number of hydrogen-bond acceptors (Lipinski definition) is 6. The standard InChI is InChI=1S/C15H9Cl2N5O/c16-13-18-14(17)20-15(19-13)23-12-8-6-11(7-9-12)22-21-10-4-2-1-3-5-10/h1-9H. The van der Waals surface area contributed by atoms with Crippen molar-refractivity contribution in [2.45, 2.75) is 0 Å². The highest BCUT2D eigenvalue weighted by Crippen LogP contribution is 2.24. The first-order chi connectivity index (χ1) is 11.2. The first-order valence-corrected chi connectivity index (χ1v) is 7.26. The van der Waals surface area contributed by atoms with Gasteiger partial charge < -0.3 is 4.74 Å². The Morgan fingerprint density at radius 2 is 1.26 bits per heavy atom. The zero-order chi connectivity index (χ0) is 16.1. The Kier molecular flexibility index (Phi) is 4.75. The third-order valence-corrected chi connectivity index (χ3v) is 2.98. The van der Waals surface area contributed by atoms with E-state index >= 15 is 0 Å². The molecule has 0 atom stereocenters. The van der Waals surface area contributed by atoms with Crippen molar-refractivity contribution in [3.63, 3.8) is 0 Å².